The number of amides is 1. The van der Waals surface area contributed by atoms with Crippen molar-refractivity contribution >= 4 is 23.1 Å². The van der Waals surface area contributed by atoms with Crippen LogP contribution in [0.25, 0.3) is 0 Å². The van der Waals surface area contributed by atoms with E-state index < -0.39 is 0 Å². The molecule has 1 N–H and O–H groups in total. The van der Waals surface area contributed by atoms with Crippen LogP contribution in [-0.2, 0) is 4.79 Å². The van der Waals surface area contributed by atoms with Crippen LogP contribution in [0, 0.1) is 6.92 Å². The third-order valence-electron chi connectivity index (χ3n) is 4.07. The first-order valence-electron chi connectivity index (χ1n) is 8.93. The average Bonchev–Trinajstić information content (AvgIpc) is 2.69. The number of anilines is 3. The molecule has 138 valence electrons. The molecule has 5 nitrogen and oxygen atoms in total. The third-order valence-corrected chi connectivity index (χ3v) is 4.07. The lowest BCUT2D eigenvalue weighted by atomic mass is 10.2. The molecule has 3 aromatic rings. The van der Waals surface area contributed by atoms with Crippen molar-refractivity contribution in [2.75, 3.05) is 23.4 Å². The molecule has 0 radical (unpaired) electrons. The van der Waals surface area contributed by atoms with Gasteiger partial charge in [0, 0.05) is 12.2 Å². The van der Waals surface area contributed by atoms with Gasteiger partial charge in [-0.3, -0.25) is 4.79 Å². The van der Waals surface area contributed by atoms with E-state index in [9.17, 15) is 4.79 Å². The van der Waals surface area contributed by atoms with Gasteiger partial charge in [-0.1, -0.05) is 30.3 Å². The SMILES string of the molecule is CCN(c1ccc(NC(=O)COc2ccccc2)nc1)c1cccc(C)c1. The number of aromatic nitrogens is 1. The molecule has 1 heterocycles. The predicted molar refractivity (Wildman–Crippen MR) is 109 cm³/mol. The Bertz CT molecular complexity index is 880. The Morgan fingerprint density at radius 2 is 1.85 bits per heavy atom. The van der Waals surface area contributed by atoms with Crippen molar-refractivity contribution in [2.24, 2.45) is 0 Å². The zero-order chi connectivity index (χ0) is 19.1. The quantitative estimate of drug-likeness (QED) is 0.670. The van der Waals surface area contributed by atoms with Crippen molar-refractivity contribution < 1.29 is 9.53 Å². The largest absolute Gasteiger partial charge is 0.484 e. The Labute approximate surface area is 159 Å². The smallest absolute Gasteiger partial charge is 0.263 e. The van der Waals surface area contributed by atoms with E-state index in [1.54, 1.807) is 12.3 Å². The Hall–Kier alpha value is -3.34. The summed E-state index contributed by atoms with van der Waals surface area (Å²) >= 11 is 0. The van der Waals surface area contributed by atoms with Crippen LogP contribution in [0.4, 0.5) is 17.2 Å². The number of hydrogen-bond acceptors (Lipinski definition) is 4. The maximum Gasteiger partial charge on any atom is 0.263 e. The van der Waals surface area contributed by atoms with Gasteiger partial charge in [0.1, 0.15) is 11.6 Å². The highest BCUT2D eigenvalue weighted by molar-refractivity contribution is 5.91. The van der Waals surface area contributed by atoms with Gasteiger partial charge in [0.25, 0.3) is 5.91 Å². The highest BCUT2D eigenvalue weighted by Gasteiger charge is 2.09. The molecular formula is C22H23N3O2. The molecule has 0 saturated heterocycles. The second-order valence-corrected chi connectivity index (χ2v) is 6.13. The normalized spacial score (nSPS) is 10.3. The highest BCUT2D eigenvalue weighted by atomic mass is 16.5. The van der Waals surface area contributed by atoms with Crippen LogP contribution in [0.15, 0.2) is 72.9 Å². The number of rotatable bonds is 7. The van der Waals surface area contributed by atoms with Gasteiger partial charge in [-0.25, -0.2) is 4.98 Å². The number of pyridine rings is 1. The van der Waals surface area contributed by atoms with Crippen LogP contribution >= 0.6 is 0 Å². The Morgan fingerprint density at radius 1 is 1.04 bits per heavy atom. The summed E-state index contributed by atoms with van der Waals surface area (Å²) in [5.74, 6) is 0.915. The molecule has 27 heavy (non-hydrogen) atoms. The zero-order valence-corrected chi connectivity index (χ0v) is 15.6. The van der Waals surface area contributed by atoms with E-state index in [1.807, 2.05) is 42.5 Å². The Balaban J connectivity index is 1.61. The van der Waals surface area contributed by atoms with Gasteiger partial charge in [-0.15, -0.1) is 0 Å². The molecule has 0 spiro atoms. The zero-order valence-electron chi connectivity index (χ0n) is 15.6. The van der Waals surface area contributed by atoms with Crippen LogP contribution in [0.3, 0.4) is 0 Å². The van der Waals surface area contributed by atoms with Gasteiger partial charge in [-0.05, 0) is 55.8 Å². The van der Waals surface area contributed by atoms with Crippen molar-refractivity contribution in [3.05, 3.63) is 78.5 Å². The van der Waals surface area contributed by atoms with Gasteiger partial charge < -0.3 is 15.0 Å². The number of nitrogens with zero attached hydrogens (tertiary/aromatic N) is 2. The molecule has 0 bridgehead atoms. The number of nitrogens with one attached hydrogen (secondary N) is 1. The lowest BCUT2D eigenvalue weighted by Gasteiger charge is -2.23. The van der Waals surface area contributed by atoms with Gasteiger partial charge >= 0.3 is 0 Å². The Kier molecular flexibility index (Phi) is 6.05. The fourth-order valence-corrected chi connectivity index (χ4v) is 2.77. The highest BCUT2D eigenvalue weighted by Crippen LogP contribution is 2.25. The standard InChI is InChI=1S/C22H23N3O2/c1-3-25(18-9-7-8-17(2)14-18)19-12-13-21(23-15-19)24-22(26)16-27-20-10-5-4-6-11-20/h4-15H,3,16H2,1-2H3,(H,23,24,26). The molecule has 0 aliphatic heterocycles. The van der Waals surface area contributed by atoms with Crippen LogP contribution in [-0.4, -0.2) is 24.0 Å². The van der Waals surface area contributed by atoms with Gasteiger partial charge in [0.15, 0.2) is 6.61 Å². The maximum atomic E-state index is 12.0. The number of benzene rings is 2. The maximum absolute atomic E-state index is 12.0. The van der Waals surface area contributed by atoms with E-state index in [1.165, 1.54) is 5.56 Å². The van der Waals surface area contributed by atoms with Crippen molar-refractivity contribution in [3.8, 4) is 5.75 Å². The molecule has 5 heteroatoms. The molecule has 1 aromatic heterocycles. The first kappa shape index (κ1) is 18.5. The summed E-state index contributed by atoms with van der Waals surface area (Å²) in [4.78, 5) is 18.6. The van der Waals surface area contributed by atoms with E-state index in [0.29, 0.717) is 11.6 Å². The van der Waals surface area contributed by atoms with Crippen LogP contribution in [0.2, 0.25) is 0 Å². The number of carbonyl (C=O) groups excluding carboxylic acids is 1. The first-order valence-corrected chi connectivity index (χ1v) is 8.93. The van der Waals surface area contributed by atoms with Crippen molar-refractivity contribution in [1.29, 1.82) is 0 Å². The number of ether oxygens (including phenoxy) is 1. The molecule has 3 rings (SSSR count). The molecule has 0 unspecified atom stereocenters. The number of carbonyl (C=O) groups is 1. The van der Waals surface area contributed by atoms with Gasteiger partial charge in [0.05, 0.1) is 11.9 Å². The molecule has 2 aromatic carbocycles. The van der Waals surface area contributed by atoms with Crippen molar-refractivity contribution in [1.82, 2.24) is 4.98 Å². The van der Waals surface area contributed by atoms with Crippen LogP contribution in [0.1, 0.15) is 12.5 Å². The predicted octanol–water partition coefficient (Wildman–Crippen LogP) is 4.57. The number of aryl methyl sites for hydroxylation is 1. The number of hydrogen-bond donors (Lipinski definition) is 1. The van der Waals surface area contributed by atoms with Crippen molar-refractivity contribution in [3.63, 3.8) is 0 Å². The van der Waals surface area contributed by atoms with E-state index in [0.717, 1.165) is 17.9 Å². The molecule has 1 amide bonds. The van der Waals surface area contributed by atoms with Crippen LogP contribution < -0.4 is 15.0 Å². The number of para-hydroxylation sites is 1. The van der Waals surface area contributed by atoms with Gasteiger partial charge in [-0.2, -0.15) is 0 Å². The third kappa shape index (κ3) is 5.07. The fraction of sp³-hybridized carbons (Fsp3) is 0.182. The minimum atomic E-state index is -0.245. The van der Waals surface area contributed by atoms with Crippen molar-refractivity contribution in [2.45, 2.75) is 13.8 Å². The van der Waals surface area contributed by atoms with Gasteiger partial charge in [0.2, 0.25) is 0 Å². The lowest BCUT2D eigenvalue weighted by molar-refractivity contribution is -0.118. The van der Waals surface area contributed by atoms with Crippen LogP contribution in [0.5, 0.6) is 5.75 Å². The fourth-order valence-electron chi connectivity index (χ4n) is 2.77. The average molecular weight is 361 g/mol. The summed E-state index contributed by atoms with van der Waals surface area (Å²) in [5, 5.41) is 2.75. The minimum absolute atomic E-state index is 0.0577. The first-order chi connectivity index (χ1) is 13.2. The second-order valence-electron chi connectivity index (χ2n) is 6.13. The minimum Gasteiger partial charge on any atom is -0.484 e. The van der Waals surface area contributed by atoms with E-state index in [2.05, 4.69) is 47.2 Å². The molecule has 0 atom stereocenters. The summed E-state index contributed by atoms with van der Waals surface area (Å²) in [5.41, 5.74) is 3.30. The van der Waals surface area contributed by atoms with E-state index in [-0.39, 0.29) is 12.5 Å². The Morgan fingerprint density at radius 3 is 2.52 bits per heavy atom. The van der Waals surface area contributed by atoms with E-state index >= 15 is 0 Å². The molecule has 0 fully saturated rings. The molecule has 0 saturated carbocycles. The topological polar surface area (TPSA) is 54.5 Å². The summed E-state index contributed by atoms with van der Waals surface area (Å²) < 4.78 is 5.44. The summed E-state index contributed by atoms with van der Waals surface area (Å²) in [7, 11) is 0. The molecule has 0 aliphatic carbocycles. The molecule has 0 aliphatic rings. The monoisotopic (exact) mass is 361 g/mol. The molecular weight excluding hydrogens is 338 g/mol. The van der Waals surface area contributed by atoms with E-state index in [4.69, 9.17) is 4.74 Å². The lowest BCUT2D eigenvalue weighted by Crippen LogP contribution is -2.21. The summed E-state index contributed by atoms with van der Waals surface area (Å²) in [6.07, 6.45) is 1.76. The second kappa shape index (κ2) is 8.85. The summed E-state index contributed by atoms with van der Waals surface area (Å²) in [6, 6.07) is 21.3. The summed E-state index contributed by atoms with van der Waals surface area (Å²) in [6.45, 7) is 4.93.